The van der Waals surface area contributed by atoms with Gasteiger partial charge in [0.15, 0.2) is 0 Å². The summed E-state index contributed by atoms with van der Waals surface area (Å²) in [5.74, 6) is 2.57. The molecular weight excluding hydrogens is 160 g/mol. The third-order valence-corrected chi connectivity index (χ3v) is 3.60. The minimum Gasteiger partial charge on any atom is -0.373 e. The van der Waals surface area contributed by atoms with Crippen molar-refractivity contribution in [1.82, 2.24) is 0 Å². The van der Waals surface area contributed by atoms with Crippen molar-refractivity contribution < 1.29 is 9.53 Å². The third kappa shape index (κ3) is 1.44. The van der Waals surface area contributed by atoms with Gasteiger partial charge in [-0.2, -0.15) is 11.8 Å². The Morgan fingerprint density at radius 3 is 3.09 bits per heavy atom. The maximum Gasteiger partial charge on any atom is 0.138 e. The van der Waals surface area contributed by atoms with Gasteiger partial charge in [-0.15, -0.1) is 0 Å². The van der Waals surface area contributed by atoms with Crippen LogP contribution in [-0.2, 0) is 9.53 Å². The molecule has 0 aliphatic carbocycles. The summed E-state index contributed by atoms with van der Waals surface area (Å²) in [5, 5.41) is 0. The molecule has 0 radical (unpaired) electrons. The fourth-order valence-corrected chi connectivity index (χ4v) is 3.08. The first-order valence-electron chi connectivity index (χ1n) is 4.04. The molecule has 2 fully saturated rings. The lowest BCUT2D eigenvalue weighted by Gasteiger charge is -2.31. The van der Waals surface area contributed by atoms with Gasteiger partial charge in [0, 0.05) is 18.6 Å². The van der Waals surface area contributed by atoms with Crippen molar-refractivity contribution in [1.29, 1.82) is 0 Å². The first-order chi connectivity index (χ1) is 5.31. The monoisotopic (exact) mass is 172 g/mol. The van der Waals surface area contributed by atoms with Crippen LogP contribution in [0.5, 0.6) is 0 Å². The van der Waals surface area contributed by atoms with Crippen LogP contribution in [0, 0.1) is 0 Å². The van der Waals surface area contributed by atoms with E-state index in [4.69, 9.17) is 4.74 Å². The minimum atomic E-state index is -0.0417. The second-order valence-corrected chi connectivity index (χ2v) is 4.40. The van der Waals surface area contributed by atoms with E-state index in [0.29, 0.717) is 25.2 Å². The zero-order chi connectivity index (χ0) is 7.73. The van der Waals surface area contributed by atoms with Crippen LogP contribution >= 0.6 is 11.8 Å². The molecule has 0 aromatic rings. The van der Waals surface area contributed by atoms with Gasteiger partial charge < -0.3 is 4.74 Å². The third-order valence-electron chi connectivity index (χ3n) is 2.38. The maximum atomic E-state index is 11.1. The van der Waals surface area contributed by atoms with Gasteiger partial charge in [0.1, 0.15) is 5.78 Å². The van der Waals surface area contributed by atoms with Crippen molar-refractivity contribution in [3.63, 3.8) is 0 Å². The summed E-state index contributed by atoms with van der Waals surface area (Å²) in [6.45, 7) is 0.652. The molecule has 2 aliphatic rings. The number of carbonyl (C=O) groups excluding carboxylic acids is 1. The lowest BCUT2D eigenvalue weighted by Crippen LogP contribution is -2.39. The molecule has 11 heavy (non-hydrogen) atoms. The zero-order valence-corrected chi connectivity index (χ0v) is 7.28. The number of ether oxygens (including phenoxy) is 1. The largest absolute Gasteiger partial charge is 0.373 e. The first-order valence-corrected chi connectivity index (χ1v) is 5.20. The van der Waals surface area contributed by atoms with Gasteiger partial charge in [-0.3, -0.25) is 4.79 Å². The van der Waals surface area contributed by atoms with E-state index in [-0.39, 0.29) is 5.60 Å². The highest BCUT2D eigenvalue weighted by molar-refractivity contribution is 7.99. The molecule has 2 nitrogen and oxygen atoms in total. The van der Waals surface area contributed by atoms with Gasteiger partial charge in [-0.05, 0) is 12.2 Å². The van der Waals surface area contributed by atoms with E-state index in [1.54, 1.807) is 0 Å². The summed E-state index contributed by atoms with van der Waals surface area (Å²) in [7, 11) is 0. The van der Waals surface area contributed by atoms with Gasteiger partial charge >= 0.3 is 0 Å². The Morgan fingerprint density at radius 2 is 2.45 bits per heavy atom. The van der Waals surface area contributed by atoms with Crippen LogP contribution in [0.3, 0.4) is 0 Å². The maximum absolute atomic E-state index is 11.1. The Kier molecular flexibility index (Phi) is 1.93. The molecule has 2 heterocycles. The molecule has 0 N–H and O–H groups in total. The molecule has 0 aromatic carbocycles. The SMILES string of the molecule is O=C1CCO[C@]2(CCSC2)C1. The molecular formula is C8H12O2S. The predicted molar refractivity (Wildman–Crippen MR) is 44.9 cm³/mol. The van der Waals surface area contributed by atoms with E-state index in [1.165, 1.54) is 0 Å². The minimum absolute atomic E-state index is 0.0417. The van der Waals surface area contributed by atoms with Crippen LogP contribution < -0.4 is 0 Å². The second-order valence-electron chi connectivity index (χ2n) is 3.30. The van der Waals surface area contributed by atoms with Gasteiger partial charge in [0.25, 0.3) is 0 Å². The van der Waals surface area contributed by atoms with E-state index in [0.717, 1.165) is 17.9 Å². The van der Waals surface area contributed by atoms with Gasteiger partial charge in [0.2, 0.25) is 0 Å². The van der Waals surface area contributed by atoms with E-state index in [9.17, 15) is 4.79 Å². The van der Waals surface area contributed by atoms with Gasteiger partial charge in [-0.25, -0.2) is 0 Å². The number of ketones is 1. The fourth-order valence-electron chi connectivity index (χ4n) is 1.72. The van der Waals surface area contributed by atoms with Gasteiger partial charge in [-0.1, -0.05) is 0 Å². The molecule has 0 amide bonds. The number of Topliss-reactive ketones (excluding diaryl/α,β-unsaturated/α-hetero) is 1. The van der Waals surface area contributed by atoms with Crippen LogP contribution in [0.2, 0.25) is 0 Å². The normalized spacial score (nSPS) is 38.4. The second kappa shape index (κ2) is 2.79. The number of hydrogen-bond donors (Lipinski definition) is 0. The Labute approximate surface area is 70.7 Å². The van der Waals surface area contributed by atoms with Crippen LogP contribution in [0.1, 0.15) is 19.3 Å². The van der Waals surface area contributed by atoms with Crippen LogP contribution in [0.4, 0.5) is 0 Å². The molecule has 1 spiro atoms. The lowest BCUT2D eigenvalue weighted by molar-refractivity contribution is -0.136. The zero-order valence-electron chi connectivity index (χ0n) is 6.47. The number of hydrogen-bond acceptors (Lipinski definition) is 3. The Morgan fingerprint density at radius 1 is 1.55 bits per heavy atom. The van der Waals surface area contributed by atoms with Crippen LogP contribution in [0.25, 0.3) is 0 Å². The van der Waals surface area contributed by atoms with E-state index < -0.39 is 0 Å². The topological polar surface area (TPSA) is 26.3 Å². The molecule has 1 atom stereocenters. The lowest BCUT2D eigenvalue weighted by atomic mass is 9.93. The summed E-state index contributed by atoms with van der Waals surface area (Å²) in [6, 6.07) is 0. The summed E-state index contributed by atoms with van der Waals surface area (Å²) in [5.41, 5.74) is -0.0417. The molecule has 2 saturated heterocycles. The summed E-state index contributed by atoms with van der Waals surface area (Å²) < 4.78 is 5.66. The van der Waals surface area contributed by atoms with Crippen molar-refractivity contribution in [2.45, 2.75) is 24.9 Å². The predicted octanol–water partition coefficient (Wildman–Crippen LogP) is 1.24. The van der Waals surface area contributed by atoms with E-state index in [1.807, 2.05) is 11.8 Å². The first kappa shape index (κ1) is 7.62. The summed E-state index contributed by atoms with van der Waals surface area (Å²) >= 11 is 1.90. The summed E-state index contributed by atoms with van der Waals surface area (Å²) in [4.78, 5) is 11.1. The van der Waals surface area contributed by atoms with Crippen LogP contribution in [-0.4, -0.2) is 29.5 Å². The highest BCUT2D eigenvalue weighted by Gasteiger charge is 2.39. The van der Waals surface area contributed by atoms with Crippen molar-refractivity contribution in [2.75, 3.05) is 18.1 Å². The van der Waals surface area contributed by atoms with Crippen molar-refractivity contribution >= 4 is 17.5 Å². The smallest absolute Gasteiger partial charge is 0.138 e. The molecule has 0 unspecified atom stereocenters. The number of rotatable bonds is 0. The Balaban J connectivity index is 2.05. The van der Waals surface area contributed by atoms with Crippen molar-refractivity contribution in [3.8, 4) is 0 Å². The highest BCUT2D eigenvalue weighted by Crippen LogP contribution is 2.36. The van der Waals surface area contributed by atoms with Crippen molar-refractivity contribution in [3.05, 3.63) is 0 Å². The number of carbonyl (C=O) groups is 1. The average Bonchev–Trinajstić information content (AvgIpc) is 2.37. The molecule has 3 heteroatoms. The quantitative estimate of drug-likeness (QED) is 0.550. The van der Waals surface area contributed by atoms with E-state index >= 15 is 0 Å². The number of thioether (sulfide) groups is 1. The average molecular weight is 172 g/mol. The molecule has 0 bridgehead atoms. The molecule has 2 rings (SSSR count). The van der Waals surface area contributed by atoms with Gasteiger partial charge in [0.05, 0.1) is 12.2 Å². The van der Waals surface area contributed by atoms with Crippen molar-refractivity contribution in [2.24, 2.45) is 0 Å². The molecule has 0 aromatic heterocycles. The fraction of sp³-hybridized carbons (Fsp3) is 0.875. The van der Waals surface area contributed by atoms with E-state index in [2.05, 4.69) is 0 Å². The highest BCUT2D eigenvalue weighted by atomic mass is 32.2. The van der Waals surface area contributed by atoms with Crippen LogP contribution in [0.15, 0.2) is 0 Å². The molecule has 0 saturated carbocycles. The molecule has 62 valence electrons. The Hall–Kier alpha value is -0.0200. The summed E-state index contributed by atoms with van der Waals surface area (Å²) in [6.07, 6.45) is 2.37. The molecule has 2 aliphatic heterocycles. The Bertz CT molecular complexity index is 173. The standard InChI is InChI=1S/C8H12O2S/c9-7-1-3-10-8(5-7)2-4-11-6-8/h1-6H2/t8-/m1/s1.